The van der Waals surface area contributed by atoms with Gasteiger partial charge < -0.3 is 10.1 Å². The molecule has 0 radical (unpaired) electrons. The van der Waals surface area contributed by atoms with Gasteiger partial charge in [0.25, 0.3) is 5.91 Å². The van der Waals surface area contributed by atoms with Crippen LogP contribution in [0.15, 0.2) is 30.5 Å². The van der Waals surface area contributed by atoms with Crippen molar-refractivity contribution in [1.29, 1.82) is 0 Å². The van der Waals surface area contributed by atoms with Gasteiger partial charge >= 0.3 is 0 Å². The quantitative estimate of drug-likeness (QED) is 0.874. The third-order valence-electron chi connectivity index (χ3n) is 2.75. The lowest BCUT2D eigenvalue weighted by molar-refractivity contribution is 0.0951. The average molecular weight is 329 g/mol. The van der Waals surface area contributed by atoms with Crippen molar-refractivity contribution in [2.75, 3.05) is 7.11 Å². The van der Waals surface area contributed by atoms with Crippen LogP contribution in [0.1, 0.15) is 15.9 Å². The maximum Gasteiger partial charge on any atom is 0.256 e. The molecule has 0 aliphatic carbocycles. The van der Waals surface area contributed by atoms with E-state index >= 15 is 0 Å². The number of rotatable bonds is 4. The van der Waals surface area contributed by atoms with Gasteiger partial charge in [-0.3, -0.25) is 4.79 Å². The van der Waals surface area contributed by atoms with Gasteiger partial charge in [-0.1, -0.05) is 29.3 Å². The fraction of sp³-hybridized carbons (Fsp3) is 0.143. The second-order valence-corrected chi connectivity index (χ2v) is 4.88. The van der Waals surface area contributed by atoms with E-state index in [1.807, 2.05) is 0 Å². The summed E-state index contributed by atoms with van der Waals surface area (Å²) in [5.41, 5.74) is 0.785. The lowest BCUT2D eigenvalue weighted by Crippen LogP contribution is -2.23. The minimum Gasteiger partial charge on any atom is -0.494 e. The van der Waals surface area contributed by atoms with Crippen LogP contribution in [0.4, 0.5) is 4.39 Å². The lowest BCUT2D eigenvalue weighted by atomic mass is 10.2. The summed E-state index contributed by atoms with van der Waals surface area (Å²) in [6.45, 7) is 0.178. The molecule has 1 aromatic heterocycles. The Balaban J connectivity index is 2.11. The molecule has 1 N–H and O–H groups in total. The first kappa shape index (κ1) is 15.5. The number of aromatic nitrogens is 1. The number of amides is 1. The molecule has 0 spiro atoms. The molecular weight excluding hydrogens is 318 g/mol. The van der Waals surface area contributed by atoms with E-state index in [1.54, 1.807) is 6.07 Å². The molecule has 7 heteroatoms. The minimum absolute atomic E-state index is 0.0247. The third-order valence-corrected chi connectivity index (χ3v) is 3.35. The number of methoxy groups -OCH3 is 1. The van der Waals surface area contributed by atoms with Crippen molar-refractivity contribution in [3.8, 4) is 5.75 Å². The van der Waals surface area contributed by atoms with Gasteiger partial charge in [0, 0.05) is 12.7 Å². The van der Waals surface area contributed by atoms with Crippen LogP contribution >= 0.6 is 23.2 Å². The highest BCUT2D eigenvalue weighted by atomic mass is 35.5. The smallest absolute Gasteiger partial charge is 0.256 e. The molecule has 0 atom stereocenters. The Morgan fingerprint density at radius 1 is 1.38 bits per heavy atom. The molecule has 21 heavy (non-hydrogen) atoms. The second kappa shape index (κ2) is 6.74. The summed E-state index contributed by atoms with van der Waals surface area (Å²) >= 11 is 11.8. The molecule has 0 unspecified atom stereocenters. The fourth-order valence-electron chi connectivity index (χ4n) is 1.70. The highest BCUT2D eigenvalue weighted by Gasteiger charge is 2.15. The molecule has 0 bridgehead atoms. The van der Waals surface area contributed by atoms with E-state index in [2.05, 4.69) is 10.3 Å². The van der Waals surface area contributed by atoms with Crippen LogP contribution in [0.3, 0.4) is 0 Å². The molecule has 0 fully saturated rings. The van der Waals surface area contributed by atoms with Crippen molar-refractivity contribution in [3.05, 3.63) is 57.6 Å². The Hall–Kier alpha value is -1.85. The predicted octanol–water partition coefficient (Wildman–Crippen LogP) is 3.47. The number of ether oxygens (including phenoxy) is 1. The molecule has 1 aromatic carbocycles. The number of nitrogens with one attached hydrogen (secondary N) is 1. The first-order valence-electron chi connectivity index (χ1n) is 5.93. The molecule has 110 valence electrons. The SMILES string of the molecule is COc1cc(CNC(=O)c2c(Cl)ccnc2Cl)ccc1F. The Morgan fingerprint density at radius 2 is 2.14 bits per heavy atom. The number of hydrogen-bond donors (Lipinski definition) is 1. The Kier molecular flexibility index (Phi) is 4.98. The predicted molar refractivity (Wildman–Crippen MR) is 78.4 cm³/mol. The van der Waals surface area contributed by atoms with Crippen molar-refractivity contribution in [1.82, 2.24) is 10.3 Å². The second-order valence-electron chi connectivity index (χ2n) is 4.11. The van der Waals surface area contributed by atoms with E-state index in [9.17, 15) is 9.18 Å². The van der Waals surface area contributed by atoms with Crippen LogP contribution in [-0.4, -0.2) is 18.0 Å². The highest BCUT2D eigenvalue weighted by molar-refractivity contribution is 6.38. The number of hydrogen-bond acceptors (Lipinski definition) is 3. The zero-order valence-electron chi connectivity index (χ0n) is 11.0. The first-order chi connectivity index (χ1) is 10.0. The van der Waals surface area contributed by atoms with Gasteiger partial charge in [0.15, 0.2) is 11.6 Å². The number of benzene rings is 1. The fourth-order valence-corrected chi connectivity index (χ4v) is 2.23. The Bertz CT molecular complexity index is 660. The monoisotopic (exact) mass is 328 g/mol. The molecular formula is C14H11Cl2FN2O2. The highest BCUT2D eigenvalue weighted by Crippen LogP contribution is 2.22. The van der Waals surface area contributed by atoms with Crippen molar-refractivity contribution >= 4 is 29.1 Å². The average Bonchev–Trinajstić information content (AvgIpc) is 2.46. The van der Waals surface area contributed by atoms with Crippen LogP contribution in [0, 0.1) is 5.82 Å². The van der Waals surface area contributed by atoms with E-state index < -0.39 is 11.7 Å². The third kappa shape index (κ3) is 3.62. The number of halogens is 3. The number of nitrogens with zero attached hydrogens (tertiary/aromatic N) is 1. The molecule has 0 aliphatic rings. The summed E-state index contributed by atoms with van der Waals surface area (Å²) in [6, 6.07) is 5.79. The lowest BCUT2D eigenvalue weighted by Gasteiger charge is -2.09. The summed E-state index contributed by atoms with van der Waals surface area (Å²) < 4.78 is 18.2. The van der Waals surface area contributed by atoms with E-state index in [0.29, 0.717) is 5.56 Å². The molecule has 1 amide bonds. The summed E-state index contributed by atoms with van der Waals surface area (Å²) in [5, 5.41) is 2.88. The maximum atomic E-state index is 13.3. The van der Waals surface area contributed by atoms with Gasteiger partial charge in [0.2, 0.25) is 0 Å². The Labute approximate surface area is 130 Å². The standard InChI is InChI=1S/C14H11Cl2FN2O2/c1-21-11-6-8(2-3-10(11)17)7-19-14(20)12-9(15)4-5-18-13(12)16/h2-6H,7H2,1H3,(H,19,20). The van der Waals surface area contributed by atoms with Crippen LogP contribution in [0.25, 0.3) is 0 Å². The minimum atomic E-state index is -0.467. The van der Waals surface area contributed by atoms with E-state index in [1.165, 1.54) is 31.5 Å². The number of carbonyl (C=O) groups excluding carboxylic acids is 1. The van der Waals surface area contributed by atoms with Gasteiger partial charge in [-0.15, -0.1) is 0 Å². The molecule has 0 aliphatic heterocycles. The molecule has 0 saturated carbocycles. The van der Waals surface area contributed by atoms with Crippen LogP contribution in [0.5, 0.6) is 5.75 Å². The summed E-state index contributed by atoms with van der Waals surface area (Å²) in [4.78, 5) is 15.9. The maximum absolute atomic E-state index is 13.3. The van der Waals surface area contributed by atoms with Crippen LogP contribution in [-0.2, 0) is 6.54 Å². The zero-order valence-corrected chi connectivity index (χ0v) is 12.5. The van der Waals surface area contributed by atoms with Gasteiger partial charge in [-0.2, -0.15) is 0 Å². The molecule has 2 rings (SSSR count). The number of carbonyl (C=O) groups is 1. The molecule has 1 heterocycles. The van der Waals surface area contributed by atoms with Crippen molar-refractivity contribution in [2.45, 2.75) is 6.54 Å². The van der Waals surface area contributed by atoms with Gasteiger partial charge in [0.1, 0.15) is 5.15 Å². The molecule has 4 nitrogen and oxygen atoms in total. The van der Waals surface area contributed by atoms with Crippen LogP contribution < -0.4 is 10.1 Å². The van der Waals surface area contributed by atoms with Gasteiger partial charge in [0.05, 0.1) is 17.7 Å². The van der Waals surface area contributed by atoms with E-state index in [-0.39, 0.29) is 28.0 Å². The zero-order chi connectivity index (χ0) is 15.4. The Morgan fingerprint density at radius 3 is 2.81 bits per heavy atom. The summed E-state index contributed by atoms with van der Waals surface area (Å²) in [7, 11) is 1.37. The van der Waals surface area contributed by atoms with Gasteiger partial charge in [-0.25, -0.2) is 9.37 Å². The van der Waals surface area contributed by atoms with Crippen molar-refractivity contribution in [2.24, 2.45) is 0 Å². The van der Waals surface area contributed by atoms with Crippen LogP contribution in [0.2, 0.25) is 10.2 Å². The van der Waals surface area contributed by atoms with Crippen molar-refractivity contribution < 1.29 is 13.9 Å². The largest absolute Gasteiger partial charge is 0.494 e. The van der Waals surface area contributed by atoms with Crippen molar-refractivity contribution in [3.63, 3.8) is 0 Å². The molecule has 2 aromatic rings. The topological polar surface area (TPSA) is 51.2 Å². The van der Waals surface area contributed by atoms with Gasteiger partial charge in [-0.05, 0) is 23.8 Å². The number of pyridine rings is 1. The summed E-state index contributed by atoms with van der Waals surface area (Å²) in [6.07, 6.45) is 1.41. The van der Waals surface area contributed by atoms with E-state index in [0.717, 1.165) is 0 Å². The molecule has 0 saturated heterocycles. The van der Waals surface area contributed by atoms with E-state index in [4.69, 9.17) is 27.9 Å². The summed E-state index contributed by atoms with van der Waals surface area (Å²) in [5.74, 6) is -0.813. The first-order valence-corrected chi connectivity index (χ1v) is 6.69. The normalized spacial score (nSPS) is 10.3.